The van der Waals surface area contributed by atoms with Gasteiger partial charge in [-0.15, -0.1) is 0 Å². The van der Waals surface area contributed by atoms with Crippen molar-refractivity contribution in [3.05, 3.63) is 153 Å². The highest BCUT2D eigenvalue weighted by molar-refractivity contribution is 7.92. The van der Waals surface area contributed by atoms with E-state index in [1.165, 1.54) is 54.6 Å². The molecule has 7 nitrogen and oxygen atoms in total. The average molecular weight is 809 g/mol. The van der Waals surface area contributed by atoms with E-state index in [1.54, 1.807) is 44.2 Å². The number of halogens is 5. The third kappa shape index (κ3) is 8.51. The van der Waals surface area contributed by atoms with E-state index >= 15 is 0 Å². The van der Waals surface area contributed by atoms with Crippen LogP contribution in [0.5, 0.6) is 0 Å². The fourth-order valence-corrected chi connectivity index (χ4v) is 8.22. The minimum atomic E-state index is -5.56. The number of ether oxygens (including phenoxy) is 1. The van der Waals surface area contributed by atoms with Gasteiger partial charge in [0, 0.05) is 6.26 Å². The summed E-state index contributed by atoms with van der Waals surface area (Å²) in [4.78, 5) is 25.7. The summed E-state index contributed by atoms with van der Waals surface area (Å²) in [5.41, 5.74) is -1.11. The first-order valence-corrected chi connectivity index (χ1v) is 20.4. The first-order valence-electron chi connectivity index (χ1n) is 17.1. The second kappa shape index (κ2) is 15.2. The number of fused-ring (bicyclic) bond motifs is 2. The van der Waals surface area contributed by atoms with Gasteiger partial charge in [0.25, 0.3) is 9.84 Å². The molecule has 56 heavy (non-hydrogen) atoms. The molecule has 0 fully saturated rings. The predicted molar refractivity (Wildman–Crippen MR) is 201 cm³/mol. The summed E-state index contributed by atoms with van der Waals surface area (Å²) >= 11 is 0. The second-order valence-electron chi connectivity index (χ2n) is 13.6. The van der Waals surface area contributed by atoms with Gasteiger partial charge in [-0.05, 0) is 141 Å². The van der Waals surface area contributed by atoms with E-state index in [2.05, 4.69) is 0 Å². The summed E-state index contributed by atoms with van der Waals surface area (Å²) in [5.74, 6) is -2.78. The lowest BCUT2D eigenvalue weighted by atomic mass is 9.89. The molecule has 6 aromatic rings. The van der Waals surface area contributed by atoms with Crippen molar-refractivity contribution in [3.63, 3.8) is 0 Å². The molecule has 0 aromatic heterocycles. The normalized spacial score (nSPS) is 12.3. The third-order valence-electron chi connectivity index (χ3n) is 9.73. The number of carbonyl (C=O) groups excluding carboxylic acids is 2. The molecule has 0 N–H and O–H groups in total. The fraction of sp³-hybridized carbons (Fsp3) is 0.190. The van der Waals surface area contributed by atoms with Crippen molar-refractivity contribution in [2.24, 2.45) is 0 Å². The number of carbonyl (C=O) groups is 2. The number of hydrogen-bond donors (Lipinski definition) is 0. The maximum atomic E-state index is 14.4. The zero-order valence-corrected chi connectivity index (χ0v) is 31.8. The molecule has 0 aliphatic carbocycles. The Hall–Kier alpha value is -5.47. The minimum absolute atomic E-state index is 0.0476. The maximum absolute atomic E-state index is 14.4. The van der Waals surface area contributed by atoms with Gasteiger partial charge in [-0.1, -0.05) is 48.5 Å². The Bertz CT molecular complexity index is 2780. The number of benzene rings is 6. The van der Waals surface area contributed by atoms with Crippen LogP contribution in [0.2, 0.25) is 0 Å². The largest absolute Gasteiger partial charge is 0.501 e. The maximum Gasteiger partial charge on any atom is 0.501 e. The van der Waals surface area contributed by atoms with Crippen LogP contribution in [0.1, 0.15) is 44.5 Å². The molecule has 0 bridgehead atoms. The molecule has 0 aliphatic heterocycles. The van der Waals surface area contributed by atoms with Crippen LogP contribution in [-0.2, 0) is 59.7 Å². The summed E-state index contributed by atoms with van der Waals surface area (Å²) < 4.78 is 121. The van der Waals surface area contributed by atoms with Crippen molar-refractivity contribution < 1.29 is 53.1 Å². The summed E-state index contributed by atoms with van der Waals surface area (Å²) in [6, 6.07) is 22.1. The van der Waals surface area contributed by atoms with Gasteiger partial charge in [-0.25, -0.2) is 25.6 Å². The van der Waals surface area contributed by atoms with Crippen LogP contribution >= 0.6 is 0 Å². The predicted octanol–water partition coefficient (Wildman–Crippen LogP) is 8.62. The summed E-state index contributed by atoms with van der Waals surface area (Å²) in [5, 5.41) is 2.20. The lowest BCUT2D eigenvalue weighted by Gasteiger charge is -2.17. The van der Waals surface area contributed by atoms with E-state index < -0.39 is 53.7 Å². The molecule has 6 rings (SSSR count). The number of sulfone groups is 2. The van der Waals surface area contributed by atoms with E-state index in [9.17, 15) is 48.4 Å². The van der Waals surface area contributed by atoms with Crippen molar-refractivity contribution in [2.75, 3.05) is 6.26 Å². The van der Waals surface area contributed by atoms with Crippen LogP contribution in [0.15, 0.2) is 107 Å². The highest BCUT2D eigenvalue weighted by Crippen LogP contribution is 2.33. The van der Waals surface area contributed by atoms with E-state index in [0.717, 1.165) is 18.4 Å². The number of alkyl halides is 3. The topological polar surface area (TPSA) is 112 Å². The van der Waals surface area contributed by atoms with E-state index in [0.29, 0.717) is 66.1 Å². The molecular formula is C42H33F5O7S2. The molecule has 14 heteroatoms. The van der Waals surface area contributed by atoms with E-state index in [1.807, 2.05) is 0 Å². The minimum Gasteiger partial charge on any atom is -0.393 e. The Balaban J connectivity index is 1.25. The SMILES string of the molecule is Cc1c(CC(=O)OC(=O)Cc2cc3ccc(F)cc3c(Cc3cccc(S(C)(=O)=O)c3)c2C)cc2ccc(F)cc2c1Cc1ccc(S(=O)(=O)C(F)(F)F)cc1. The summed E-state index contributed by atoms with van der Waals surface area (Å²) in [6.45, 7) is 3.41. The number of esters is 2. The van der Waals surface area contributed by atoms with Crippen LogP contribution in [-0.4, -0.2) is 40.5 Å². The van der Waals surface area contributed by atoms with Gasteiger partial charge < -0.3 is 4.74 Å². The van der Waals surface area contributed by atoms with Crippen LogP contribution in [0, 0.1) is 25.5 Å². The van der Waals surface area contributed by atoms with Crippen molar-refractivity contribution in [3.8, 4) is 0 Å². The zero-order valence-electron chi connectivity index (χ0n) is 30.1. The summed E-state index contributed by atoms with van der Waals surface area (Å²) in [7, 11) is -9.06. The van der Waals surface area contributed by atoms with Crippen LogP contribution in [0.3, 0.4) is 0 Å². The molecule has 0 saturated carbocycles. The first-order chi connectivity index (χ1) is 26.2. The Morgan fingerprint density at radius 1 is 0.607 bits per heavy atom. The zero-order chi connectivity index (χ0) is 40.7. The lowest BCUT2D eigenvalue weighted by molar-refractivity contribution is -0.158. The molecule has 0 saturated heterocycles. The van der Waals surface area contributed by atoms with Crippen molar-refractivity contribution in [2.45, 2.75) is 54.8 Å². The Kier molecular flexibility index (Phi) is 10.9. The fourth-order valence-electron chi connectivity index (χ4n) is 6.76. The second-order valence-corrected chi connectivity index (χ2v) is 17.5. The lowest BCUT2D eigenvalue weighted by Crippen LogP contribution is -2.23. The molecular weight excluding hydrogens is 776 g/mol. The molecule has 0 unspecified atom stereocenters. The first kappa shape index (κ1) is 40.2. The molecule has 290 valence electrons. The molecule has 0 spiro atoms. The van der Waals surface area contributed by atoms with Crippen LogP contribution in [0.4, 0.5) is 22.0 Å². The summed E-state index contributed by atoms with van der Waals surface area (Å²) in [6.07, 6.45) is 0.690. The highest BCUT2D eigenvalue weighted by Gasteiger charge is 2.46. The van der Waals surface area contributed by atoms with E-state index in [4.69, 9.17) is 4.74 Å². The molecule has 0 radical (unpaired) electrons. The number of rotatable bonds is 10. The standard InChI is InChI=1S/C42H33F5O7S2/c1-24-30(18-28-9-11-32(43)22-38(28)36(24)16-26-7-13-34(14-8-26)56(52,53)42(45,46)47)20-40(48)54-41(49)21-31-19-29-10-12-33(44)23-39(29)37(25(31)2)17-27-5-4-6-35(15-27)55(3,50)51/h4-15,18-19,22-23H,16-17,20-21H2,1-3H3. The molecule has 6 aromatic carbocycles. The van der Waals surface area contributed by atoms with Crippen LogP contribution < -0.4 is 0 Å². The Morgan fingerprint density at radius 3 is 1.55 bits per heavy atom. The smallest absolute Gasteiger partial charge is 0.393 e. The number of hydrogen-bond acceptors (Lipinski definition) is 7. The van der Waals surface area contributed by atoms with Gasteiger partial charge >= 0.3 is 17.4 Å². The van der Waals surface area contributed by atoms with E-state index in [-0.39, 0.29) is 30.6 Å². The van der Waals surface area contributed by atoms with Gasteiger partial charge in [0.1, 0.15) is 11.6 Å². The third-order valence-corrected chi connectivity index (χ3v) is 12.3. The van der Waals surface area contributed by atoms with Gasteiger partial charge in [-0.2, -0.15) is 13.2 Å². The van der Waals surface area contributed by atoms with Gasteiger partial charge in [0.15, 0.2) is 9.84 Å². The van der Waals surface area contributed by atoms with Crippen LogP contribution in [0.25, 0.3) is 21.5 Å². The monoisotopic (exact) mass is 808 g/mol. The van der Waals surface area contributed by atoms with Crippen molar-refractivity contribution >= 4 is 53.2 Å². The Labute approximate surface area is 319 Å². The van der Waals surface area contributed by atoms with Gasteiger partial charge in [0.2, 0.25) is 0 Å². The molecule has 0 amide bonds. The highest BCUT2D eigenvalue weighted by atomic mass is 32.2. The van der Waals surface area contributed by atoms with Gasteiger partial charge in [-0.3, -0.25) is 9.59 Å². The van der Waals surface area contributed by atoms with Gasteiger partial charge in [0.05, 0.1) is 22.6 Å². The molecule has 0 atom stereocenters. The Morgan fingerprint density at radius 2 is 1.09 bits per heavy atom. The quantitative estimate of drug-likeness (QED) is 0.0774. The van der Waals surface area contributed by atoms with Crippen molar-refractivity contribution in [1.82, 2.24) is 0 Å². The molecule has 0 heterocycles. The van der Waals surface area contributed by atoms with Crippen molar-refractivity contribution in [1.29, 1.82) is 0 Å². The average Bonchev–Trinajstić information content (AvgIpc) is 3.11. The molecule has 0 aliphatic rings.